The predicted octanol–water partition coefficient (Wildman–Crippen LogP) is 3.74. The van der Waals surface area contributed by atoms with E-state index in [1.807, 2.05) is 55.5 Å². The number of hydrogen-bond acceptors (Lipinski definition) is 6. The van der Waals surface area contributed by atoms with Gasteiger partial charge in [0.1, 0.15) is 5.52 Å². The minimum atomic E-state index is -0.575. The van der Waals surface area contributed by atoms with Crippen LogP contribution in [0.5, 0.6) is 17.2 Å². The lowest BCUT2D eigenvalue weighted by Crippen LogP contribution is -2.34. The highest BCUT2D eigenvalue weighted by molar-refractivity contribution is 5.96. The van der Waals surface area contributed by atoms with E-state index >= 15 is 0 Å². The number of carbonyl (C=O) groups excluding carboxylic acids is 1. The Morgan fingerprint density at radius 1 is 0.938 bits per heavy atom. The highest BCUT2D eigenvalue weighted by Crippen LogP contribution is 2.38. The lowest BCUT2D eigenvalue weighted by Gasteiger charge is -2.21. The van der Waals surface area contributed by atoms with Gasteiger partial charge in [0.25, 0.3) is 5.91 Å². The Morgan fingerprint density at radius 2 is 1.66 bits per heavy atom. The maximum absolute atomic E-state index is 13.4. The van der Waals surface area contributed by atoms with Gasteiger partial charge in [0, 0.05) is 5.56 Å². The maximum Gasteiger partial charge on any atom is 0.253 e. The molecule has 0 aliphatic carbocycles. The molecule has 3 aromatic carbocycles. The second kappa shape index (κ2) is 8.97. The molecular weight excluding hydrogens is 408 g/mol. The Hall–Kier alpha value is -4.07. The molecule has 0 saturated carbocycles. The normalized spacial score (nSPS) is 11.8. The van der Waals surface area contributed by atoms with Crippen LogP contribution in [-0.2, 0) is 0 Å². The summed E-state index contributed by atoms with van der Waals surface area (Å²) in [4.78, 5) is 13.4. The summed E-state index contributed by atoms with van der Waals surface area (Å²) in [6.07, 6.45) is -0.575. The van der Waals surface area contributed by atoms with Crippen molar-refractivity contribution >= 4 is 16.9 Å². The summed E-state index contributed by atoms with van der Waals surface area (Å²) < 4.78 is 17.9. The second-order valence-electron chi connectivity index (χ2n) is 7.23. The van der Waals surface area contributed by atoms with Crippen LogP contribution in [-0.4, -0.2) is 42.2 Å². The standard InChI is InChI=1S/C24H24N4O4/c1-15-8-7-9-16(12-15)23(28-19-11-6-5-10-18(19)26-27-28)25-24(29)17-13-20(30-2)22(32-4)21(14-17)31-3/h5-14,23H,1-4H3,(H,25,29). The van der Waals surface area contributed by atoms with Gasteiger partial charge in [-0.1, -0.05) is 47.2 Å². The Morgan fingerprint density at radius 3 is 2.31 bits per heavy atom. The highest BCUT2D eigenvalue weighted by atomic mass is 16.5. The third-order valence-corrected chi connectivity index (χ3v) is 5.17. The number of methoxy groups -OCH3 is 3. The molecule has 164 valence electrons. The first-order valence-electron chi connectivity index (χ1n) is 10.0. The second-order valence-corrected chi connectivity index (χ2v) is 7.23. The maximum atomic E-state index is 13.4. The minimum absolute atomic E-state index is 0.324. The van der Waals surface area contributed by atoms with Crippen molar-refractivity contribution in [2.24, 2.45) is 0 Å². The summed E-state index contributed by atoms with van der Waals surface area (Å²) in [6.45, 7) is 2.00. The molecule has 4 aromatic rings. The molecular formula is C24H24N4O4. The molecule has 32 heavy (non-hydrogen) atoms. The molecule has 8 heteroatoms. The molecule has 0 radical (unpaired) electrons. The van der Waals surface area contributed by atoms with E-state index in [1.165, 1.54) is 21.3 Å². The number of aromatic nitrogens is 3. The fourth-order valence-electron chi connectivity index (χ4n) is 3.62. The van der Waals surface area contributed by atoms with Gasteiger partial charge in [0.2, 0.25) is 5.75 Å². The predicted molar refractivity (Wildman–Crippen MR) is 120 cm³/mol. The smallest absolute Gasteiger partial charge is 0.253 e. The molecule has 1 atom stereocenters. The highest BCUT2D eigenvalue weighted by Gasteiger charge is 2.23. The monoisotopic (exact) mass is 432 g/mol. The summed E-state index contributed by atoms with van der Waals surface area (Å²) in [5.41, 5.74) is 3.86. The van der Waals surface area contributed by atoms with E-state index in [4.69, 9.17) is 14.2 Å². The first-order valence-corrected chi connectivity index (χ1v) is 10.0. The Labute approximate surface area is 185 Å². The molecule has 0 spiro atoms. The van der Waals surface area contributed by atoms with Gasteiger partial charge in [-0.3, -0.25) is 4.79 Å². The molecule has 1 N–H and O–H groups in total. The van der Waals surface area contributed by atoms with Crippen LogP contribution < -0.4 is 19.5 Å². The van der Waals surface area contributed by atoms with Crippen molar-refractivity contribution in [1.82, 2.24) is 20.3 Å². The van der Waals surface area contributed by atoms with Crippen LogP contribution in [0.15, 0.2) is 60.7 Å². The van der Waals surface area contributed by atoms with Crippen LogP contribution in [0.4, 0.5) is 0 Å². The number of para-hydroxylation sites is 1. The zero-order valence-electron chi connectivity index (χ0n) is 18.3. The number of amides is 1. The number of aryl methyl sites for hydroxylation is 1. The Kier molecular flexibility index (Phi) is 5.93. The van der Waals surface area contributed by atoms with Crippen molar-refractivity contribution in [1.29, 1.82) is 0 Å². The van der Waals surface area contributed by atoms with Crippen LogP contribution in [0.3, 0.4) is 0 Å². The van der Waals surface area contributed by atoms with Gasteiger partial charge in [-0.15, -0.1) is 5.10 Å². The van der Waals surface area contributed by atoms with Crippen LogP contribution in [0.25, 0.3) is 11.0 Å². The topological polar surface area (TPSA) is 87.5 Å². The zero-order chi connectivity index (χ0) is 22.7. The number of benzene rings is 3. The number of rotatable bonds is 7. The lowest BCUT2D eigenvalue weighted by atomic mass is 10.1. The zero-order valence-corrected chi connectivity index (χ0v) is 18.3. The first-order chi connectivity index (χ1) is 15.5. The number of fused-ring (bicyclic) bond motifs is 1. The fourth-order valence-corrected chi connectivity index (χ4v) is 3.62. The van der Waals surface area contributed by atoms with E-state index in [2.05, 4.69) is 15.6 Å². The van der Waals surface area contributed by atoms with Crippen LogP contribution in [0, 0.1) is 6.92 Å². The van der Waals surface area contributed by atoms with E-state index in [1.54, 1.807) is 16.8 Å². The largest absolute Gasteiger partial charge is 0.493 e. The van der Waals surface area contributed by atoms with Crippen molar-refractivity contribution in [3.05, 3.63) is 77.4 Å². The van der Waals surface area contributed by atoms with Gasteiger partial charge < -0.3 is 19.5 Å². The average molecular weight is 432 g/mol. The first kappa shape index (κ1) is 21.2. The summed E-state index contributed by atoms with van der Waals surface area (Å²) in [7, 11) is 4.54. The van der Waals surface area contributed by atoms with Crippen LogP contribution >= 0.6 is 0 Å². The molecule has 0 fully saturated rings. The molecule has 0 aliphatic heterocycles. The molecule has 0 aliphatic rings. The molecule has 1 unspecified atom stereocenters. The molecule has 8 nitrogen and oxygen atoms in total. The van der Waals surface area contributed by atoms with E-state index in [0.29, 0.717) is 22.8 Å². The Balaban J connectivity index is 1.77. The van der Waals surface area contributed by atoms with Crippen molar-refractivity contribution in [3.63, 3.8) is 0 Å². The molecule has 1 heterocycles. The van der Waals surface area contributed by atoms with Gasteiger partial charge in [-0.2, -0.15) is 0 Å². The summed E-state index contributed by atoms with van der Waals surface area (Å²) in [5.74, 6) is 0.894. The number of nitrogens with zero attached hydrogens (tertiary/aromatic N) is 3. The molecule has 1 aromatic heterocycles. The lowest BCUT2D eigenvalue weighted by molar-refractivity contribution is 0.0927. The van der Waals surface area contributed by atoms with Gasteiger partial charge in [-0.25, -0.2) is 4.68 Å². The van der Waals surface area contributed by atoms with Gasteiger partial charge in [0.15, 0.2) is 17.7 Å². The fraction of sp³-hybridized carbons (Fsp3) is 0.208. The average Bonchev–Trinajstić information content (AvgIpc) is 3.25. The van der Waals surface area contributed by atoms with Crippen molar-refractivity contribution in [2.45, 2.75) is 13.1 Å². The minimum Gasteiger partial charge on any atom is -0.493 e. The van der Waals surface area contributed by atoms with Gasteiger partial charge in [0.05, 0.1) is 26.8 Å². The third-order valence-electron chi connectivity index (χ3n) is 5.17. The van der Waals surface area contributed by atoms with E-state index < -0.39 is 6.17 Å². The number of nitrogens with one attached hydrogen (secondary N) is 1. The number of ether oxygens (including phenoxy) is 3. The quantitative estimate of drug-likeness (QED) is 0.479. The Bertz CT molecular complexity index is 1240. The molecule has 0 saturated heterocycles. The van der Waals surface area contributed by atoms with Crippen molar-refractivity contribution in [2.75, 3.05) is 21.3 Å². The van der Waals surface area contributed by atoms with Crippen LogP contribution in [0.2, 0.25) is 0 Å². The SMILES string of the molecule is COc1cc(C(=O)NC(c2cccc(C)c2)n2nnc3ccccc32)cc(OC)c1OC. The van der Waals surface area contributed by atoms with E-state index in [0.717, 1.165) is 22.2 Å². The summed E-state index contributed by atoms with van der Waals surface area (Å²) in [5, 5.41) is 11.7. The van der Waals surface area contributed by atoms with Gasteiger partial charge >= 0.3 is 0 Å². The number of hydrogen-bond donors (Lipinski definition) is 1. The van der Waals surface area contributed by atoms with E-state index in [-0.39, 0.29) is 5.91 Å². The van der Waals surface area contributed by atoms with Crippen molar-refractivity contribution < 1.29 is 19.0 Å². The van der Waals surface area contributed by atoms with Crippen LogP contribution in [0.1, 0.15) is 27.7 Å². The van der Waals surface area contributed by atoms with Crippen molar-refractivity contribution in [3.8, 4) is 17.2 Å². The molecule has 1 amide bonds. The number of carbonyl (C=O) groups is 1. The van der Waals surface area contributed by atoms with Gasteiger partial charge in [-0.05, 0) is 36.8 Å². The summed E-state index contributed by atoms with van der Waals surface area (Å²) >= 11 is 0. The van der Waals surface area contributed by atoms with E-state index in [9.17, 15) is 4.79 Å². The molecule has 4 rings (SSSR count). The molecule has 0 bridgehead atoms. The summed E-state index contributed by atoms with van der Waals surface area (Å²) in [6, 6.07) is 18.8. The third kappa shape index (κ3) is 3.94.